The third kappa shape index (κ3) is 4.71. The molecule has 27 heavy (non-hydrogen) atoms. The van der Waals surface area contributed by atoms with Gasteiger partial charge in [-0.1, -0.05) is 33.9 Å². The van der Waals surface area contributed by atoms with E-state index in [-0.39, 0.29) is 11.7 Å². The number of halogens is 3. The van der Waals surface area contributed by atoms with Crippen molar-refractivity contribution in [3.63, 3.8) is 0 Å². The fourth-order valence-electron chi connectivity index (χ4n) is 3.17. The summed E-state index contributed by atoms with van der Waals surface area (Å²) in [7, 11) is 0. The van der Waals surface area contributed by atoms with Crippen LogP contribution in [0.25, 0.3) is 6.08 Å². The maximum atomic E-state index is 12.6. The monoisotopic (exact) mass is 441 g/mol. The third-order valence-electron chi connectivity index (χ3n) is 4.38. The Hall–Kier alpha value is -2.29. The van der Waals surface area contributed by atoms with Crippen LogP contribution in [0.3, 0.4) is 0 Å². The summed E-state index contributed by atoms with van der Waals surface area (Å²) in [6, 6.07) is 4.59. The molecule has 0 radical (unpaired) electrons. The van der Waals surface area contributed by atoms with Gasteiger partial charge in [0.25, 0.3) is 0 Å². The molecule has 0 spiro atoms. The number of nitrogens with one attached hydrogen (secondary N) is 1. The van der Waals surface area contributed by atoms with Crippen molar-refractivity contribution in [2.45, 2.75) is 44.8 Å². The molecule has 9 heteroatoms. The van der Waals surface area contributed by atoms with E-state index in [2.05, 4.69) is 36.1 Å². The van der Waals surface area contributed by atoms with Crippen molar-refractivity contribution in [3.8, 4) is 5.75 Å². The maximum absolute atomic E-state index is 12.6. The van der Waals surface area contributed by atoms with E-state index in [0.29, 0.717) is 34.6 Å². The molecule has 6 nitrogen and oxygen atoms in total. The predicted octanol–water partition coefficient (Wildman–Crippen LogP) is 4.34. The lowest BCUT2D eigenvalue weighted by Crippen LogP contribution is -2.44. The highest BCUT2D eigenvalue weighted by atomic mass is 79.9. The summed E-state index contributed by atoms with van der Waals surface area (Å²) in [6.45, 7) is -1.26. The molecule has 1 amide bonds. The first-order valence-electron chi connectivity index (χ1n) is 8.43. The van der Waals surface area contributed by atoms with E-state index in [4.69, 9.17) is 4.52 Å². The number of carbonyl (C=O) groups is 1. The summed E-state index contributed by atoms with van der Waals surface area (Å²) in [5.74, 6) is 0.511. The van der Waals surface area contributed by atoms with Crippen molar-refractivity contribution >= 4 is 27.9 Å². The zero-order chi connectivity index (χ0) is 19.4. The van der Waals surface area contributed by atoms with Gasteiger partial charge >= 0.3 is 6.61 Å². The minimum atomic E-state index is -2.95. The summed E-state index contributed by atoms with van der Waals surface area (Å²) in [6.07, 6.45) is 6.02. The zero-order valence-electron chi connectivity index (χ0n) is 14.5. The average Bonchev–Trinajstić information content (AvgIpc) is 3.24. The Bertz CT molecular complexity index is 848. The second-order valence-electron chi connectivity index (χ2n) is 6.31. The third-order valence-corrected chi connectivity index (χ3v) is 4.87. The number of ether oxygens (including phenoxy) is 1. The zero-order valence-corrected chi connectivity index (χ0v) is 16.1. The number of aromatic nitrogens is 2. The summed E-state index contributed by atoms with van der Waals surface area (Å²) in [5.41, 5.74) is -0.311. The largest absolute Gasteiger partial charge is 0.434 e. The number of hydrogen-bond acceptors (Lipinski definition) is 5. The molecule has 0 atom stereocenters. The molecular formula is C18H18BrF2N3O3. The van der Waals surface area contributed by atoms with Crippen molar-refractivity contribution in [2.24, 2.45) is 0 Å². The normalized spacial score (nSPS) is 16.2. The van der Waals surface area contributed by atoms with Gasteiger partial charge in [0.15, 0.2) is 5.82 Å². The van der Waals surface area contributed by atoms with Crippen LogP contribution in [0.1, 0.15) is 43.0 Å². The second kappa shape index (κ2) is 8.16. The van der Waals surface area contributed by atoms with Gasteiger partial charge in [-0.05, 0) is 37.1 Å². The van der Waals surface area contributed by atoms with Crippen LogP contribution in [0.5, 0.6) is 5.75 Å². The summed E-state index contributed by atoms with van der Waals surface area (Å²) < 4.78 is 35.3. The lowest BCUT2D eigenvalue weighted by Gasteiger charge is -2.26. The van der Waals surface area contributed by atoms with E-state index < -0.39 is 12.2 Å². The molecule has 1 fully saturated rings. The molecule has 0 saturated heterocycles. The first-order valence-corrected chi connectivity index (χ1v) is 9.23. The lowest BCUT2D eigenvalue weighted by molar-refractivity contribution is -0.118. The van der Waals surface area contributed by atoms with Crippen LogP contribution in [-0.2, 0) is 10.3 Å². The van der Waals surface area contributed by atoms with Gasteiger partial charge in [-0.25, -0.2) is 0 Å². The minimum absolute atomic E-state index is 0.0124. The number of rotatable bonds is 6. The van der Waals surface area contributed by atoms with Gasteiger partial charge in [0, 0.05) is 23.0 Å². The molecule has 1 N–H and O–H groups in total. The first-order chi connectivity index (χ1) is 12.9. The Kier molecular flexibility index (Phi) is 5.88. The van der Waals surface area contributed by atoms with Gasteiger partial charge in [0.2, 0.25) is 11.8 Å². The van der Waals surface area contributed by atoms with Crippen LogP contribution in [-0.4, -0.2) is 22.7 Å². The van der Waals surface area contributed by atoms with Gasteiger partial charge in [0.1, 0.15) is 11.3 Å². The van der Waals surface area contributed by atoms with E-state index in [0.717, 1.165) is 12.8 Å². The quantitative estimate of drug-likeness (QED) is 0.674. The first kappa shape index (κ1) is 19.5. The van der Waals surface area contributed by atoms with E-state index >= 15 is 0 Å². The Morgan fingerprint density at radius 3 is 2.78 bits per heavy atom. The summed E-state index contributed by atoms with van der Waals surface area (Å²) in [4.78, 5) is 16.8. The molecule has 0 aliphatic heterocycles. The Balaban J connectivity index is 1.78. The van der Waals surface area contributed by atoms with Gasteiger partial charge in [0.05, 0.1) is 0 Å². The Morgan fingerprint density at radius 1 is 1.41 bits per heavy atom. The molecule has 1 heterocycles. The average molecular weight is 442 g/mol. The molecule has 144 valence electrons. The lowest BCUT2D eigenvalue weighted by atomic mass is 9.96. The van der Waals surface area contributed by atoms with Gasteiger partial charge in [-0.15, -0.1) is 0 Å². The number of nitrogens with zero attached hydrogens (tertiary/aromatic N) is 2. The van der Waals surface area contributed by atoms with Crippen LogP contribution in [0.15, 0.2) is 33.3 Å². The molecule has 3 rings (SSSR count). The number of carbonyl (C=O) groups excluding carboxylic acids is 1. The van der Waals surface area contributed by atoms with E-state index in [1.54, 1.807) is 19.1 Å². The Morgan fingerprint density at radius 2 is 2.15 bits per heavy atom. The highest BCUT2D eigenvalue weighted by molar-refractivity contribution is 9.10. The van der Waals surface area contributed by atoms with Crippen molar-refractivity contribution < 1.29 is 22.8 Å². The molecule has 1 saturated carbocycles. The number of benzene rings is 1. The molecule has 1 aliphatic rings. The van der Waals surface area contributed by atoms with Crippen molar-refractivity contribution in [1.29, 1.82) is 0 Å². The highest BCUT2D eigenvalue weighted by Crippen LogP contribution is 2.37. The van der Waals surface area contributed by atoms with E-state index in [1.807, 2.05) is 0 Å². The SMILES string of the molecule is Cc1nc(C2(NC(=O)/C=C/c3cc(Br)ccc3OC(F)F)CCCC2)no1. The fourth-order valence-corrected chi connectivity index (χ4v) is 3.55. The van der Waals surface area contributed by atoms with Crippen LogP contribution in [0.4, 0.5) is 8.78 Å². The van der Waals surface area contributed by atoms with E-state index in [9.17, 15) is 13.6 Å². The molecule has 0 bridgehead atoms. The van der Waals surface area contributed by atoms with Crippen LogP contribution < -0.4 is 10.1 Å². The molecule has 1 aliphatic carbocycles. The number of amides is 1. The fraction of sp³-hybridized carbons (Fsp3) is 0.389. The maximum Gasteiger partial charge on any atom is 0.387 e. The van der Waals surface area contributed by atoms with Gasteiger partial charge < -0.3 is 14.6 Å². The molecule has 0 unspecified atom stereocenters. The number of aryl methyl sites for hydroxylation is 1. The second-order valence-corrected chi connectivity index (χ2v) is 7.23. The minimum Gasteiger partial charge on any atom is -0.434 e. The van der Waals surface area contributed by atoms with Crippen LogP contribution in [0, 0.1) is 6.92 Å². The number of hydrogen-bond donors (Lipinski definition) is 1. The predicted molar refractivity (Wildman–Crippen MR) is 97.1 cm³/mol. The summed E-state index contributed by atoms with van der Waals surface area (Å²) in [5, 5.41) is 6.92. The topological polar surface area (TPSA) is 77.2 Å². The van der Waals surface area contributed by atoms with Gasteiger partial charge in [-0.2, -0.15) is 13.8 Å². The van der Waals surface area contributed by atoms with Crippen molar-refractivity contribution in [2.75, 3.05) is 0 Å². The molecular weight excluding hydrogens is 424 g/mol. The van der Waals surface area contributed by atoms with Gasteiger partial charge in [-0.3, -0.25) is 4.79 Å². The summed E-state index contributed by atoms with van der Waals surface area (Å²) >= 11 is 3.28. The highest BCUT2D eigenvalue weighted by Gasteiger charge is 2.40. The Labute approximate surface area is 163 Å². The molecule has 1 aromatic heterocycles. The van der Waals surface area contributed by atoms with E-state index in [1.165, 1.54) is 18.2 Å². The van der Waals surface area contributed by atoms with Crippen LogP contribution >= 0.6 is 15.9 Å². The van der Waals surface area contributed by atoms with Crippen molar-refractivity contribution in [1.82, 2.24) is 15.5 Å². The smallest absolute Gasteiger partial charge is 0.387 e. The van der Waals surface area contributed by atoms with Crippen molar-refractivity contribution in [3.05, 3.63) is 46.0 Å². The molecule has 2 aromatic rings. The van der Waals surface area contributed by atoms with Crippen LogP contribution in [0.2, 0.25) is 0 Å². The standard InChI is InChI=1S/C18H18BrF2N3O3/c1-11-22-16(24-27-11)18(8-2-3-9-18)23-15(25)7-4-12-10-13(19)5-6-14(12)26-17(20)21/h4-7,10,17H,2-3,8-9H2,1H3,(H,23,25)/b7-4+. The molecule has 1 aromatic carbocycles. The number of alkyl halides is 2.